The number of hydrogen-bond acceptors (Lipinski definition) is 4. The van der Waals surface area contributed by atoms with Crippen LogP contribution in [0.5, 0.6) is 0 Å². The molecule has 92 valence electrons. The van der Waals surface area contributed by atoms with Crippen molar-refractivity contribution >= 4 is 23.1 Å². The van der Waals surface area contributed by atoms with Crippen LogP contribution in [0.2, 0.25) is 0 Å². The van der Waals surface area contributed by atoms with E-state index in [1.807, 2.05) is 19.4 Å². The summed E-state index contributed by atoms with van der Waals surface area (Å²) >= 11 is 3.60. The van der Waals surface area contributed by atoms with Gasteiger partial charge in [-0.15, -0.1) is 11.3 Å². The van der Waals surface area contributed by atoms with Gasteiger partial charge < -0.3 is 9.88 Å². The first-order valence-electron chi connectivity index (χ1n) is 5.63. The van der Waals surface area contributed by atoms with Crippen molar-refractivity contribution in [1.29, 1.82) is 0 Å². The van der Waals surface area contributed by atoms with Gasteiger partial charge in [0.05, 0.1) is 0 Å². The van der Waals surface area contributed by atoms with Crippen LogP contribution >= 0.6 is 23.1 Å². The van der Waals surface area contributed by atoms with Crippen molar-refractivity contribution in [2.24, 2.45) is 7.05 Å². The minimum atomic E-state index is 0.524. The molecule has 0 bridgehead atoms. The smallest absolute Gasteiger partial charge is 0.167 e. The second kappa shape index (κ2) is 6.23. The first-order chi connectivity index (χ1) is 8.25. The van der Waals surface area contributed by atoms with Crippen LogP contribution in [0.25, 0.3) is 0 Å². The number of imidazole rings is 1. The highest BCUT2D eigenvalue weighted by atomic mass is 32.2. The van der Waals surface area contributed by atoms with Crippen molar-refractivity contribution in [3.05, 3.63) is 34.8 Å². The minimum Gasteiger partial charge on any atom is -0.329 e. The molecule has 1 unspecified atom stereocenters. The Morgan fingerprint density at radius 3 is 3.12 bits per heavy atom. The van der Waals surface area contributed by atoms with Gasteiger partial charge in [0.15, 0.2) is 5.16 Å². The minimum absolute atomic E-state index is 0.524. The molecule has 0 radical (unpaired) electrons. The van der Waals surface area contributed by atoms with Crippen LogP contribution in [0, 0.1) is 0 Å². The number of aryl methyl sites for hydroxylation is 1. The number of aromatic nitrogens is 2. The van der Waals surface area contributed by atoms with Crippen LogP contribution in [-0.2, 0) is 13.6 Å². The lowest BCUT2D eigenvalue weighted by Gasteiger charge is -2.11. The molecule has 0 aliphatic carbocycles. The lowest BCUT2D eigenvalue weighted by molar-refractivity contribution is 0.686. The molecule has 1 atom stereocenters. The summed E-state index contributed by atoms with van der Waals surface area (Å²) in [7, 11) is 2.03. The number of rotatable bonds is 6. The van der Waals surface area contributed by atoms with Crippen molar-refractivity contribution in [3.8, 4) is 0 Å². The molecule has 2 rings (SSSR count). The van der Waals surface area contributed by atoms with Gasteiger partial charge in [0.25, 0.3) is 0 Å². The van der Waals surface area contributed by atoms with E-state index in [1.165, 1.54) is 4.88 Å². The van der Waals surface area contributed by atoms with Gasteiger partial charge in [-0.2, -0.15) is 0 Å². The van der Waals surface area contributed by atoms with Crippen LogP contribution in [0.3, 0.4) is 0 Å². The molecule has 2 heterocycles. The Bertz CT molecular complexity index is 436. The monoisotopic (exact) mass is 267 g/mol. The molecule has 0 aromatic carbocycles. The van der Waals surface area contributed by atoms with Gasteiger partial charge in [0.2, 0.25) is 0 Å². The largest absolute Gasteiger partial charge is 0.329 e. The molecule has 1 N–H and O–H groups in total. The van der Waals surface area contributed by atoms with Crippen molar-refractivity contribution < 1.29 is 0 Å². The van der Waals surface area contributed by atoms with Crippen molar-refractivity contribution in [2.45, 2.75) is 23.9 Å². The van der Waals surface area contributed by atoms with Crippen molar-refractivity contribution in [1.82, 2.24) is 14.9 Å². The average molecular weight is 267 g/mol. The van der Waals surface area contributed by atoms with E-state index < -0.39 is 0 Å². The Labute approximate surface area is 110 Å². The second-order valence-electron chi connectivity index (χ2n) is 3.96. The summed E-state index contributed by atoms with van der Waals surface area (Å²) in [6.45, 7) is 4.18. The molecule has 0 saturated carbocycles. The summed E-state index contributed by atoms with van der Waals surface area (Å²) in [4.78, 5) is 5.70. The van der Waals surface area contributed by atoms with Crippen LogP contribution in [0.1, 0.15) is 11.8 Å². The van der Waals surface area contributed by atoms with Gasteiger partial charge in [0, 0.05) is 42.7 Å². The SMILES string of the molecule is CC(CNCc1cccs1)Sc1nccn1C. The van der Waals surface area contributed by atoms with Gasteiger partial charge in [-0.05, 0) is 11.4 Å². The Morgan fingerprint density at radius 1 is 1.59 bits per heavy atom. The molecule has 5 heteroatoms. The summed E-state index contributed by atoms with van der Waals surface area (Å²) in [6.07, 6.45) is 3.82. The van der Waals surface area contributed by atoms with E-state index >= 15 is 0 Å². The predicted octanol–water partition coefficient (Wildman–Crippen LogP) is 2.75. The van der Waals surface area contributed by atoms with Crippen LogP contribution in [0.4, 0.5) is 0 Å². The maximum Gasteiger partial charge on any atom is 0.167 e. The molecular formula is C12H17N3S2. The third-order valence-electron chi connectivity index (χ3n) is 2.39. The van der Waals surface area contributed by atoms with Gasteiger partial charge >= 0.3 is 0 Å². The Kier molecular flexibility index (Phi) is 4.65. The van der Waals surface area contributed by atoms with E-state index in [2.05, 4.69) is 39.3 Å². The van der Waals surface area contributed by atoms with E-state index in [0.717, 1.165) is 18.2 Å². The maximum absolute atomic E-state index is 4.31. The molecule has 2 aromatic heterocycles. The van der Waals surface area contributed by atoms with E-state index in [4.69, 9.17) is 0 Å². The summed E-state index contributed by atoms with van der Waals surface area (Å²) in [5.41, 5.74) is 0. The summed E-state index contributed by atoms with van der Waals surface area (Å²) in [5.74, 6) is 0. The molecule has 0 aliphatic rings. The van der Waals surface area contributed by atoms with Gasteiger partial charge in [-0.1, -0.05) is 24.8 Å². The molecule has 0 aliphatic heterocycles. The summed E-state index contributed by atoms with van der Waals surface area (Å²) in [5, 5.41) is 7.19. The lowest BCUT2D eigenvalue weighted by Crippen LogP contribution is -2.22. The van der Waals surface area contributed by atoms with Crippen LogP contribution in [0.15, 0.2) is 35.1 Å². The highest BCUT2D eigenvalue weighted by Gasteiger charge is 2.07. The van der Waals surface area contributed by atoms with Gasteiger partial charge in [-0.3, -0.25) is 0 Å². The van der Waals surface area contributed by atoms with Gasteiger partial charge in [-0.25, -0.2) is 4.98 Å². The Morgan fingerprint density at radius 2 is 2.47 bits per heavy atom. The molecule has 17 heavy (non-hydrogen) atoms. The zero-order valence-corrected chi connectivity index (χ0v) is 11.7. The van der Waals surface area contributed by atoms with Crippen molar-refractivity contribution in [3.63, 3.8) is 0 Å². The Balaban J connectivity index is 1.71. The first kappa shape index (κ1) is 12.7. The molecule has 0 amide bonds. The molecule has 0 spiro atoms. The van der Waals surface area contributed by atoms with E-state index in [9.17, 15) is 0 Å². The zero-order chi connectivity index (χ0) is 12.1. The number of hydrogen-bond donors (Lipinski definition) is 1. The number of nitrogens with one attached hydrogen (secondary N) is 1. The average Bonchev–Trinajstić information content (AvgIpc) is 2.92. The van der Waals surface area contributed by atoms with E-state index in [1.54, 1.807) is 23.1 Å². The number of thioether (sulfide) groups is 1. The standard InChI is InChI=1S/C12H17N3S2/c1-10(17-12-14-5-6-15(12)2)8-13-9-11-4-3-7-16-11/h3-7,10,13H,8-9H2,1-2H3. The maximum atomic E-state index is 4.31. The third kappa shape index (κ3) is 3.87. The van der Waals surface area contributed by atoms with Crippen LogP contribution < -0.4 is 5.32 Å². The normalized spacial score (nSPS) is 12.8. The molecule has 0 fully saturated rings. The molecule has 3 nitrogen and oxygen atoms in total. The second-order valence-corrected chi connectivity index (χ2v) is 6.40. The number of thiophene rings is 1. The van der Waals surface area contributed by atoms with Crippen LogP contribution in [-0.4, -0.2) is 21.3 Å². The van der Waals surface area contributed by atoms with Crippen molar-refractivity contribution in [2.75, 3.05) is 6.54 Å². The highest BCUT2D eigenvalue weighted by molar-refractivity contribution is 7.99. The molecular weight excluding hydrogens is 250 g/mol. The lowest BCUT2D eigenvalue weighted by atomic mass is 10.4. The van der Waals surface area contributed by atoms with E-state index in [0.29, 0.717) is 5.25 Å². The fourth-order valence-corrected chi connectivity index (χ4v) is 3.08. The summed E-state index contributed by atoms with van der Waals surface area (Å²) < 4.78 is 2.06. The quantitative estimate of drug-likeness (QED) is 0.816. The summed E-state index contributed by atoms with van der Waals surface area (Å²) in [6, 6.07) is 4.25. The zero-order valence-electron chi connectivity index (χ0n) is 10.1. The number of nitrogens with zero attached hydrogens (tertiary/aromatic N) is 2. The fraction of sp³-hybridized carbons (Fsp3) is 0.417. The predicted molar refractivity (Wildman–Crippen MR) is 74.6 cm³/mol. The first-order valence-corrected chi connectivity index (χ1v) is 7.38. The van der Waals surface area contributed by atoms with Gasteiger partial charge in [0.1, 0.15) is 0 Å². The van der Waals surface area contributed by atoms with E-state index in [-0.39, 0.29) is 0 Å². The topological polar surface area (TPSA) is 29.9 Å². The Hall–Kier alpha value is -0.780. The highest BCUT2D eigenvalue weighted by Crippen LogP contribution is 2.20. The fourth-order valence-electron chi connectivity index (χ4n) is 1.50. The third-order valence-corrected chi connectivity index (χ3v) is 4.44. The molecule has 0 saturated heterocycles. The molecule has 2 aromatic rings.